The molecule has 1 unspecified atom stereocenters. The Morgan fingerprint density at radius 2 is 2.22 bits per heavy atom. The van der Waals surface area contributed by atoms with Crippen LogP contribution in [0.1, 0.15) is 18.4 Å². The molecule has 2 heterocycles. The summed E-state index contributed by atoms with van der Waals surface area (Å²) >= 11 is 0. The smallest absolute Gasteiger partial charge is 0.356 e. The third-order valence-corrected chi connectivity index (χ3v) is 3.25. The van der Waals surface area contributed by atoms with E-state index in [0.717, 1.165) is 18.9 Å². The van der Waals surface area contributed by atoms with Crippen molar-refractivity contribution in [2.45, 2.75) is 19.0 Å². The van der Waals surface area contributed by atoms with Crippen LogP contribution in [-0.4, -0.2) is 24.6 Å². The molecule has 2 rings (SSSR count). The van der Waals surface area contributed by atoms with Gasteiger partial charge in [0.1, 0.15) is 5.82 Å². The third kappa shape index (κ3) is 2.75. The van der Waals surface area contributed by atoms with Crippen LogP contribution in [0.15, 0.2) is 18.3 Å². The maximum Gasteiger partial charge on any atom is 0.419 e. The number of hydrogen-bond acceptors (Lipinski definition) is 3. The highest BCUT2D eigenvalue weighted by atomic mass is 19.4. The summed E-state index contributed by atoms with van der Waals surface area (Å²) in [5, 5.41) is 0. The Bertz CT molecular complexity index is 406. The maximum atomic E-state index is 12.9. The number of alkyl halides is 3. The molecule has 1 aliphatic rings. The topological polar surface area (TPSA) is 42.1 Å². The fraction of sp³-hybridized carbons (Fsp3) is 0.583. The van der Waals surface area contributed by atoms with Crippen LogP contribution in [0.4, 0.5) is 19.0 Å². The van der Waals surface area contributed by atoms with Crippen LogP contribution in [-0.2, 0) is 6.18 Å². The van der Waals surface area contributed by atoms with E-state index in [0.29, 0.717) is 25.6 Å². The molecule has 0 bridgehead atoms. The second-order valence-corrected chi connectivity index (χ2v) is 4.55. The van der Waals surface area contributed by atoms with Crippen LogP contribution in [0.3, 0.4) is 0 Å². The number of anilines is 1. The summed E-state index contributed by atoms with van der Waals surface area (Å²) < 4.78 is 38.6. The van der Waals surface area contributed by atoms with E-state index in [1.54, 1.807) is 4.90 Å². The Balaban J connectivity index is 2.19. The van der Waals surface area contributed by atoms with Gasteiger partial charge in [0.25, 0.3) is 0 Å². The number of nitrogens with zero attached hydrogens (tertiary/aromatic N) is 2. The SMILES string of the molecule is NCCC1CCN(c2ncccc2C(F)(F)F)C1. The van der Waals surface area contributed by atoms with Gasteiger partial charge in [-0.05, 0) is 37.4 Å². The van der Waals surface area contributed by atoms with Gasteiger partial charge in [-0.1, -0.05) is 0 Å². The minimum Gasteiger partial charge on any atom is -0.356 e. The number of rotatable bonds is 3. The zero-order valence-electron chi connectivity index (χ0n) is 9.95. The lowest BCUT2D eigenvalue weighted by atomic mass is 10.1. The molecule has 6 heteroatoms. The van der Waals surface area contributed by atoms with E-state index in [-0.39, 0.29) is 5.82 Å². The summed E-state index contributed by atoms with van der Waals surface area (Å²) in [6.45, 7) is 1.80. The Morgan fingerprint density at radius 1 is 1.44 bits per heavy atom. The minimum atomic E-state index is -4.35. The van der Waals surface area contributed by atoms with Crippen LogP contribution in [0, 0.1) is 5.92 Å². The fourth-order valence-corrected chi connectivity index (χ4v) is 2.37. The molecule has 100 valence electrons. The zero-order chi connectivity index (χ0) is 13.2. The molecule has 3 nitrogen and oxygen atoms in total. The molecular formula is C12H16F3N3. The molecule has 2 N–H and O–H groups in total. The van der Waals surface area contributed by atoms with Crippen molar-refractivity contribution in [2.24, 2.45) is 11.7 Å². The quantitative estimate of drug-likeness (QED) is 0.905. The Hall–Kier alpha value is -1.30. The van der Waals surface area contributed by atoms with Gasteiger partial charge in [-0.15, -0.1) is 0 Å². The van der Waals surface area contributed by atoms with Gasteiger partial charge in [0.15, 0.2) is 0 Å². The first-order valence-electron chi connectivity index (χ1n) is 5.99. The Labute approximate surface area is 104 Å². The van der Waals surface area contributed by atoms with Crippen molar-refractivity contribution in [2.75, 3.05) is 24.5 Å². The van der Waals surface area contributed by atoms with Gasteiger partial charge in [0, 0.05) is 19.3 Å². The first kappa shape index (κ1) is 13.1. The van der Waals surface area contributed by atoms with Crippen LogP contribution in [0.25, 0.3) is 0 Å². The lowest BCUT2D eigenvalue weighted by molar-refractivity contribution is -0.137. The van der Waals surface area contributed by atoms with Crippen molar-refractivity contribution < 1.29 is 13.2 Å². The second-order valence-electron chi connectivity index (χ2n) is 4.55. The fourth-order valence-electron chi connectivity index (χ4n) is 2.37. The van der Waals surface area contributed by atoms with E-state index in [9.17, 15) is 13.2 Å². The second kappa shape index (κ2) is 5.14. The molecule has 0 aliphatic carbocycles. The van der Waals surface area contributed by atoms with E-state index in [1.807, 2.05) is 0 Å². The first-order valence-corrected chi connectivity index (χ1v) is 5.99. The van der Waals surface area contributed by atoms with Crippen LogP contribution >= 0.6 is 0 Å². The molecule has 0 aromatic carbocycles. The lowest BCUT2D eigenvalue weighted by Crippen LogP contribution is -2.25. The van der Waals surface area contributed by atoms with Gasteiger partial charge in [-0.3, -0.25) is 0 Å². The molecule has 0 radical (unpaired) electrons. The van der Waals surface area contributed by atoms with Crippen LogP contribution in [0.2, 0.25) is 0 Å². The van der Waals surface area contributed by atoms with Crippen molar-refractivity contribution >= 4 is 5.82 Å². The molecule has 0 spiro atoms. The molecular weight excluding hydrogens is 243 g/mol. The Morgan fingerprint density at radius 3 is 2.89 bits per heavy atom. The first-order chi connectivity index (χ1) is 8.52. The molecule has 1 aliphatic heterocycles. The van der Waals surface area contributed by atoms with Crippen molar-refractivity contribution in [3.63, 3.8) is 0 Å². The number of halogens is 3. The third-order valence-electron chi connectivity index (χ3n) is 3.25. The van der Waals surface area contributed by atoms with Crippen molar-refractivity contribution in [1.29, 1.82) is 0 Å². The molecule has 0 amide bonds. The number of hydrogen-bond donors (Lipinski definition) is 1. The number of nitrogens with two attached hydrogens (primary N) is 1. The summed E-state index contributed by atoms with van der Waals surface area (Å²) in [5.41, 5.74) is 4.82. The van der Waals surface area contributed by atoms with Crippen molar-refractivity contribution in [1.82, 2.24) is 4.98 Å². The van der Waals surface area contributed by atoms with Gasteiger partial charge in [0.05, 0.1) is 5.56 Å². The monoisotopic (exact) mass is 259 g/mol. The molecule has 1 saturated heterocycles. The summed E-state index contributed by atoms with van der Waals surface area (Å²) in [4.78, 5) is 5.61. The molecule has 0 saturated carbocycles. The van der Waals surface area contributed by atoms with E-state index in [1.165, 1.54) is 12.3 Å². The normalized spacial score (nSPS) is 20.4. The largest absolute Gasteiger partial charge is 0.419 e. The summed E-state index contributed by atoms with van der Waals surface area (Å²) in [6.07, 6.45) is -1.22. The lowest BCUT2D eigenvalue weighted by Gasteiger charge is -2.21. The molecule has 18 heavy (non-hydrogen) atoms. The molecule has 1 atom stereocenters. The number of pyridine rings is 1. The summed E-state index contributed by atoms with van der Waals surface area (Å²) in [5.74, 6) is 0.419. The van der Waals surface area contributed by atoms with Crippen molar-refractivity contribution in [3.8, 4) is 0 Å². The zero-order valence-corrected chi connectivity index (χ0v) is 9.95. The predicted molar refractivity (Wildman–Crippen MR) is 63.2 cm³/mol. The highest BCUT2D eigenvalue weighted by molar-refractivity contribution is 5.49. The Kier molecular flexibility index (Phi) is 3.75. The van der Waals surface area contributed by atoms with Crippen molar-refractivity contribution in [3.05, 3.63) is 23.9 Å². The highest BCUT2D eigenvalue weighted by Crippen LogP contribution is 2.36. The van der Waals surface area contributed by atoms with E-state index in [2.05, 4.69) is 4.98 Å². The maximum absolute atomic E-state index is 12.9. The standard InChI is InChI=1S/C12H16F3N3/c13-12(14,15)10-2-1-6-17-11(10)18-7-4-9(8-18)3-5-16/h1-2,6,9H,3-5,7-8,16H2. The predicted octanol–water partition coefficient (Wildman–Crippen LogP) is 2.28. The highest BCUT2D eigenvalue weighted by Gasteiger charge is 2.37. The average molecular weight is 259 g/mol. The molecule has 1 aromatic heterocycles. The number of aromatic nitrogens is 1. The van der Waals surface area contributed by atoms with E-state index in [4.69, 9.17) is 5.73 Å². The van der Waals surface area contributed by atoms with Crippen LogP contribution in [0.5, 0.6) is 0 Å². The van der Waals surface area contributed by atoms with Crippen LogP contribution < -0.4 is 10.6 Å². The molecule has 1 fully saturated rings. The summed E-state index contributed by atoms with van der Waals surface area (Å²) in [6, 6.07) is 2.40. The van der Waals surface area contributed by atoms with E-state index >= 15 is 0 Å². The van der Waals surface area contributed by atoms with Gasteiger partial charge in [0.2, 0.25) is 0 Å². The minimum absolute atomic E-state index is 0.0459. The van der Waals surface area contributed by atoms with E-state index < -0.39 is 11.7 Å². The van der Waals surface area contributed by atoms with Gasteiger partial charge < -0.3 is 10.6 Å². The average Bonchev–Trinajstić information content (AvgIpc) is 2.77. The summed E-state index contributed by atoms with van der Waals surface area (Å²) in [7, 11) is 0. The van der Waals surface area contributed by atoms with Gasteiger partial charge in [-0.2, -0.15) is 13.2 Å². The van der Waals surface area contributed by atoms with Gasteiger partial charge >= 0.3 is 6.18 Å². The molecule has 1 aromatic rings. The van der Waals surface area contributed by atoms with Gasteiger partial charge in [-0.25, -0.2) is 4.98 Å².